The molecule has 0 radical (unpaired) electrons. The van der Waals surface area contributed by atoms with Crippen LogP contribution in [0.25, 0.3) is 108 Å². The summed E-state index contributed by atoms with van der Waals surface area (Å²) in [5.74, 6) is 0. The molecule has 0 aliphatic rings. The lowest BCUT2D eigenvalue weighted by Gasteiger charge is -2.28. The Kier molecular flexibility index (Phi) is 7.18. The molecule has 3 nitrogen and oxygen atoms in total. The van der Waals surface area contributed by atoms with Crippen molar-refractivity contribution in [2.75, 3.05) is 4.90 Å². The van der Waals surface area contributed by atoms with Crippen LogP contribution in [0.2, 0.25) is 0 Å². The van der Waals surface area contributed by atoms with Gasteiger partial charge in [-0.2, -0.15) is 0 Å². The molecular formula is C56H33NO2S. The first-order valence-corrected chi connectivity index (χ1v) is 21.1. The SMILES string of the molecule is c1ccc2c(c1)oc1c(-c3ccc4ccc(N(c5ccc6c(c5)sc5ccccc56)c5ccc(-c6cccc7c6oc6ccccc67)c6ccccc56)cc4c3)cccc12. The lowest BCUT2D eigenvalue weighted by Crippen LogP contribution is -2.10. The molecule has 0 saturated carbocycles. The summed E-state index contributed by atoms with van der Waals surface area (Å²) in [4.78, 5) is 2.43. The fraction of sp³-hybridized carbons (Fsp3) is 0. The van der Waals surface area contributed by atoms with E-state index in [1.165, 1.54) is 25.6 Å². The number of anilines is 3. The van der Waals surface area contributed by atoms with E-state index in [0.717, 1.165) is 99.4 Å². The molecule has 13 aromatic rings. The fourth-order valence-electron chi connectivity index (χ4n) is 9.47. The van der Waals surface area contributed by atoms with E-state index in [1.807, 2.05) is 29.5 Å². The summed E-state index contributed by atoms with van der Waals surface area (Å²) in [6.07, 6.45) is 0. The lowest BCUT2D eigenvalue weighted by molar-refractivity contribution is 0.669. The van der Waals surface area contributed by atoms with Gasteiger partial charge in [0.15, 0.2) is 0 Å². The molecule has 0 saturated heterocycles. The summed E-state index contributed by atoms with van der Waals surface area (Å²) < 4.78 is 15.6. The van der Waals surface area contributed by atoms with Crippen molar-refractivity contribution in [3.8, 4) is 22.3 Å². The van der Waals surface area contributed by atoms with Gasteiger partial charge in [-0.25, -0.2) is 0 Å². The average molecular weight is 784 g/mol. The second-order valence-corrected chi connectivity index (χ2v) is 16.7. The maximum absolute atomic E-state index is 6.58. The summed E-state index contributed by atoms with van der Waals surface area (Å²) in [5.41, 5.74) is 11.4. The largest absolute Gasteiger partial charge is 0.455 e. The minimum absolute atomic E-state index is 0.900. The zero-order valence-corrected chi connectivity index (χ0v) is 33.0. The van der Waals surface area contributed by atoms with E-state index < -0.39 is 0 Å². The number of fused-ring (bicyclic) bond motifs is 11. The van der Waals surface area contributed by atoms with Crippen molar-refractivity contribution in [3.05, 3.63) is 200 Å². The first-order chi connectivity index (χ1) is 29.7. The number of para-hydroxylation sites is 4. The number of furan rings is 2. The van der Waals surface area contributed by atoms with Gasteiger partial charge in [-0.1, -0.05) is 146 Å². The van der Waals surface area contributed by atoms with E-state index in [4.69, 9.17) is 8.83 Å². The quantitative estimate of drug-likeness (QED) is 0.174. The Hall–Kier alpha value is -7.66. The van der Waals surface area contributed by atoms with Crippen molar-refractivity contribution in [2.45, 2.75) is 0 Å². The van der Waals surface area contributed by atoms with Gasteiger partial charge in [-0.05, 0) is 81.9 Å². The molecule has 10 aromatic carbocycles. The number of nitrogens with zero attached hydrogens (tertiary/aromatic N) is 1. The molecule has 60 heavy (non-hydrogen) atoms. The number of benzene rings is 10. The number of hydrogen-bond acceptors (Lipinski definition) is 4. The molecule has 0 atom stereocenters. The predicted molar refractivity (Wildman–Crippen MR) is 254 cm³/mol. The Morgan fingerprint density at radius 1 is 0.333 bits per heavy atom. The maximum atomic E-state index is 6.58. The van der Waals surface area contributed by atoms with Crippen molar-refractivity contribution in [2.24, 2.45) is 0 Å². The summed E-state index contributed by atoms with van der Waals surface area (Å²) in [7, 11) is 0. The summed E-state index contributed by atoms with van der Waals surface area (Å²) in [6.45, 7) is 0. The standard InChI is InChI=1S/C56H33NO2S/c1-2-12-42-40(11-1)41(47-17-10-19-49-44-14-4-7-21-52(44)59-56(47)49)29-30-50(42)57(38-27-28-46-45-15-5-8-22-53(45)60-54(46)33-38)37-26-25-34-23-24-35(31-36(34)32-37)39-16-9-18-48-43-13-3-6-20-51(43)58-55(39)48/h1-33H. The van der Waals surface area contributed by atoms with Crippen LogP contribution < -0.4 is 4.90 Å². The Bertz CT molecular complexity index is 3870. The van der Waals surface area contributed by atoms with Gasteiger partial charge in [0.05, 0.1) is 5.69 Å². The van der Waals surface area contributed by atoms with E-state index in [2.05, 4.69) is 187 Å². The van der Waals surface area contributed by atoms with Crippen molar-refractivity contribution < 1.29 is 8.83 Å². The minimum Gasteiger partial charge on any atom is -0.455 e. The molecule has 0 amide bonds. The Morgan fingerprint density at radius 2 is 0.917 bits per heavy atom. The lowest BCUT2D eigenvalue weighted by atomic mass is 9.94. The van der Waals surface area contributed by atoms with Gasteiger partial charge in [0.25, 0.3) is 0 Å². The molecule has 0 aliphatic heterocycles. The normalized spacial score (nSPS) is 12.0. The van der Waals surface area contributed by atoms with Crippen molar-refractivity contribution in [1.82, 2.24) is 0 Å². The number of rotatable bonds is 5. The minimum atomic E-state index is 0.900. The molecule has 0 unspecified atom stereocenters. The van der Waals surface area contributed by atoms with Crippen LogP contribution in [0.15, 0.2) is 209 Å². The first-order valence-electron chi connectivity index (χ1n) is 20.3. The Morgan fingerprint density at radius 3 is 1.70 bits per heavy atom. The van der Waals surface area contributed by atoms with Crippen molar-refractivity contribution >= 4 is 114 Å². The molecule has 0 N–H and O–H groups in total. The van der Waals surface area contributed by atoms with Gasteiger partial charge in [-0.3, -0.25) is 0 Å². The first kappa shape index (κ1) is 33.3. The third-order valence-electron chi connectivity index (χ3n) is 12.3. The van der Waals surface area contributed by atoms with Crippen LogP contribution in [-0.4, -0.2) is 0 Å². The van der Waals surface area contributed by atoms with Crippen LogP contribution in [0.5, 0.6) is 0 Å². The van der Waals surface area contributed by atoms with Gasteiger partial charge in [0.2, 0.25) is 0 Å². The molecule has 3 aromatic heterocycles. The van der Waals surface area contributed by atoms with Gasteiger partial charge >= 0.3 is 0 Å². The Balaban J connectivity index is 1.02. The summed E-state index contributed by atoms with van der Waals surface area (Å²) >= 11 is 1.85. The highest BCUT2D eigenvalue weighted by atomic mass is 32.1. The molecule has 4 heteroatoms. The van der Waals surface area contributed by atoms with Gasteiger partial charge in [0, 0.05) is 69.6 Å². The monoisotopic (exact) mass is 783 g/mol. The number of thiophene rings is 1. The van der Waals surface area contributed by atoms with Gasteiger partial charge < -0.3 is 13.7 Å². The molecule has 0 bridgehead atoms. The van der Waals surface area contributed by atoms with Gasteiger partial charge in [-0.15, -0.1) is 11.3 Å². The van der Waals surface area contributed by atoms with E-state index in [-0.39, 0.29) is 0 Å². The van der Waals surface area contributed by atoms with E-state index in [1.54, 1.807) is 0 Å². The van der Waals surface area contributed by atoms with Crippen LogP contribution in [-0.2, 0) is 0 Å². The summed E-state index contributed by atoms with van der Waals surface area (Å²) in [5, 5.41) is 11.8. The van der Waals surface area contributed by atoms with Crippen LogP contribution >= 0.6 is 11.3 Å². The predicted octanol–water partition coefficient (Wildman–Crippen LogP) is 17.0. The van der Waals surface area contributed by atoms with Crippen LogP contribution in [0.1, 0.15) is 0 Å². The third kappa shape index (κ3) is 5.01. The Labute approximate surface area is 348 Å². The summed E-state index contributed by atoms with van der Waals surface area (Å²) in [6, 6.07) is 72.1. The van der Waals surface area contributed by atoms with Crippen LogP contribution in [0.4, 0.5) is 17.1 Å². The highest BCUT2D eigenvalue weighted by molar-refractivity contribution is 7.25. The van der Waals surface area contributed by atoms with Gasteiger partial charge in [0.1, 0.15) is 22.3 Å². The zero-order chi connectivity index (χ0) is 39.3. The molecular weight excluding hydrogens is 751 g/mol. The zero-order valence-electron chi connectivity index (χ0n) is 32.2. The average Bonchev–Trinajstić information content (AvgIpc) is 4.00. The second kappa shape index (κ2) is 12.9. The van der Waals surface area contributed by atoms with E-state index in [0.29, 0.717) is 0 Å². The molecule has 3 heterocycles. The fourth-order valence-corrected chi connectivity index (χ4v) is 10.6. The van der Waals surface area contributed by atoms with Crippen LogP contribution in [0.3, 0.4) is 0 Å². The molecule has 0 fully saturated rings. The van der Waals surface area contributed by atoms with Crippen molar-refractivity contribution in [3.63, 3.8) is 0 Å². The smallest absolute Gasteiger partial charge is 0.143 e. The number of hydrogen-bond donors (Lipinski definition) is 0. The topological polar surface area (TPSA) is 29.5 Å². The van der Waals surface area contributed by atoms with E-state index in [9.17, 15) is 0 Å². The molecule has 13 rings (SSSR count). The molecule has 280 valence electrons. The third-order valence-corrected chi connectivity index (χ3v) is 13.4. The second-order valence-electron chi connectivity index (χ2n) is 15.6. The highest BCUT2D eigenvalue weighted by Crippen LogP contribution is 2.47. The molecule has 0 spiro atoms. The highest BCUT2D eigenvalue weighted by Gasteiger charge is 2.21. The maximum Gasteiger partial charge on any atom is 0.143 e. The van der Waals surface area contributed by atoms with E-state index >= 15 is 0 Å². The van der Waals surface area contributed by atoms with Crippen LogP contribution in [0, 0.1) is 0 Å². The molecule has 0 aliphatic carbocycles. The van der Waals surface area contributed by atoms with Crippen molar-refractivity contribution in [1.29, 1.82) is 0 Å².